The van der Waals surface area contributed by atoms with Crippen molar-refractivity contribution in [2.24, 2.45) is 7.05 Å². The summed E-state index contributed by atoms with van der Waals surface area (Å²) in [6.07, 6.45) is 1.19. The molecule has 2 heterocycles. The Bertz CT molecular complexity index is 359. The van der Waals surface area contributed by atoms with Crippen molar-refractivity contribution in [3.63, 3.8) is 0 Å². The quantitative estimate of drug-likeness (QED) is 0.649. The predicted molar refractivity (Wildman–Crippen MR) is 55.5 cm³/mol. The van der Waals surface area contributed by atoms with Gasteiger partial charge in [0, 0.05) is 20.1 Å². The van der Waals surface area contributed by atoms with Crippen LogP contribution in [0.15, 0.2) is 6.33 Å². The molecule has 1 amide bonds. The molecule has 1 atom stereocenters. The van der Waals surface area contributed by atoms with Crippen molar-refractivity contribution in [3.05, 3.63) is 12.2 Å². The molecular weight excluding hydrogens is 210 g/mol. The summed E-state index contributed by atoms with van der Waals surface area (Å²) in [6, 6.07) is 0. The van der Waals surface area contributed by atoms with E-state index in [1.807, 2.05) is 0 Å². The van der Waals surface area contributed by atoms with Gasteiger partial charge in [-0.1, -0.05) is 0 Å². The van der Waals surface area contributed by atoms with Crippen LogP contribution in [0.3, 0.4) is 0 Å². The number of nitrogens with zero attached hydrogens (tertiary/aromatic N) is 3. The van der Waals surface area contributed by atoms with E-state index in [-0.39, 0.29) is 5.91 Å². The average molecular weight is 225 g/mol. The molecule has 16 heavy (non-hydrogen) atoms. The van der Waals surface area contributed by atoms with Gasteiger partial charge >= 0.3 is 0 Å². The molecule has 1 fully saturated rings. The van der Waals surface area contributed by atoms with Gasteiger partial charge in [0.05, 0.1) is 13.2 Å². The first kappa shape index (κ1) is 11.0. The Labute approximate surface area is 93.2 Å². The van der Waals surface area contributed by atoms with Gasteiger partial charge in [-0.05, 0) is 0 Å². The number of hydrogen-bond donors (Lipinski definition) is 2. The lowest BCUT2D eigenvalue weighted by Crippen LogP contribution is -2.47. The number of amides is 1. The van der Waals surface area contributed by atoms with E-state index in [1.54, 1.807) is 18.1 Å². The zero-order chi connectivity index (χ0) is 11.4. The maximum absolute atomic E-state index is 11.6. The SMILES string of the molecule is Cn1cnc(CNC(=O)C2CNCCO2)n1. The molecule has 1 unspecified atom stereocenters. The summed E-state index contributed by atoms with van der Waals surface area (Å²) in [5, 5.41) is 9.90. The van der Waals surface area contributed by atoms with Crippen LogP contribution in [0.4, 0.5) is 0 Å². The number of aryl methyl sites for hydroxylation is 1. The maximum Gasteiger partial charge on any atom is 0.250 e. The molecule has 1 aliphatic rings. The Kier molecular flexibility index (Phi) is 3.47. The summed E-state index contributed by atoms with van der Waals surface area (Å²) in [5.74, 6) is 0.472. The molecule has 0 radical (unpaired) electrons. The van der Waals surface area contributed by atoms with Crippen molar-refractivity contribution >= 4 is 5.91 Å². The minimum atomic E-state index is -0.405. The number of carbonyl (C=O) groups excluding carboxylic acids is 1. The van der Waals surface area contributed by atoms with Crippen LogP contribution in [0.2, 0.25) is 0 Å². The smallest absolute Gasteiger partial charge is 0.250 e. The fourth-order valence-corrected chi connectivity index (χ4v) is 1.48. The summed E-state index contributed by atoms with van der Waals surface area (Å²) >= 11 is 0. The van der Waals surface area contributed by atoms with Gasteiger partial charge in [0.25, 0.3) is 5.91 Å². The highest BCUT2D eigenvalue weighted by Crippen LogP contribution is 1.96. The molecule has 1 aliphatic heterocycles. The molecule has 1 aromatic rings. The first-order valence-electron chi connectivity index (χ1n) is 5.20. The van der Waals surface area contributed by atoms with Gasteiger partial charge in [-0.3, -0.25) is 9.48 Å². The molecule has 0 aliphatic carbocycles. The summed E-state index contributed by atoms with van der Waals surface area (Å²) in [7, 11) is 1.78. The number of hydrogen-bond acceptors (Lipinski definition) is 5. The Hall–Kier alpha value is -1.47. The fourth-order valence-electron chi connectivity index (χ4n) is 1.48. The molecule has 1 saturated heterocycles. The molecule has 0 spiro atoms. The van der Waals surface area contributed by atoms with E-state index >= 15 is 0 Å². The maximum atomic E-state index is 11.6. The van der Waals surface area contributed by atoms with E-state index < -0.39 is 6.10 Å². The van der Waals surface area contributed by atoms with E-state index in [2.05, 4.69) is 20.7 Å². The largest absolute Gasteiger partial charge is 0.366 e. The van der Waals surface area contributed by atoms with Crippen LogP contribution in [0, 0.1) is 0 Å². The van der Waals surface area contributed by atoms with Crippen molar-refractivity contribution in [1.82, 2.24) is 25.4 Å². The van der Waals surface area contributed by atoms with Crippen LogP contribution < -0.4 is 10.6 Å². The molecule has 2 N–H and O–H groups in total. The lowest BCUT2D eigenvalue weighted by molar-refractivity contribution is -0.134. The average Bonchev–Trinajstić information content (AvgIpc) is 2.73. The van der Waals surface area contributed by atoms with Gasteiger partial charge in [-0.2, -0.15) is 5.10 Å². The third-order valence-electron chi connectivity index (χ3n) is 2.29. The highest BCUT2D eigenvalue weighted by molar-refractivity contribution is 5.81. The second-order valence-corrected chi connectivity index (χ2v) is 3.62. The van der Waals surface area contributed by atoms with E-state index in [0.29, 0.717) is 25.5 Å². The van der Waals surface area contributed by atoms with E-state index in [1.165, 1.54) is 0 Å². The molecule has 2 rings (SSSR count). The van der Waals surface area contributed by atoms with Crippen LogP contribution in [-0.2, 0) is 23.1 Å². The second kappa shape index (κ2) is 5.04. The summed E-state index contributed by atoms with van der Waals surface area (Å²) in [4.78, 5) is 15.7. The van der Waals surface area contributed by atoms with Crippen molar-refractivity contribution in [1.29, 1.82) is 0 Å². The number of ether oxygens (including phenoxy) is 1. The van der Waals surface area contributed by atoms with Gasteiger partial charge in [0.1, 0.15) is 12.4 Å². The van der Waals surface area contributed by atoms with Crippen molar-refractivity contribution in [2.45, 2.75) is 12.6 Å². The fraction of sp³-hybridized carbons (Fsp3) is 0.667. The monoisotopic (exact) mass is 225 g/mol. The standard InChI is InChI=1S/C9H15N5O2/c1-14-6-12-8(13-14)5-11-9(15)7-4-10-2-3-16-7/h6-7,10H,2-5H2,1H3,(H,11,15). The Balaban J connectivity index is 1.78. The van der Waals surface area contributed by atoms with Crippen molar-refractivity contribution in [2.75, 3.05) is 19.7 Å². The second-order valence-electron chi connectivity index (χ2n) is 3.62. The molecule has 0 aromatic carbocycles. The normalized spacial score (nSPS) is 20.7. The topological polar surface area (TPSA) is 81.1 Å². The first-order valence-corrected chi connectivity index (χ1v) is 5.20. The molecule has 88 valence electrons. The zero-order valence-electron chi connectivity index (χ0n) is 9.14. The van der Waals surface area contributed by atoms with Crippen LogP contribution in [0.1, 0.15) is 5.82 Å². The minimum Gasteiger partial charge on any atom is -0.366 e. The molecule has 7 heteroatoms. The van der Waals surface area contributed by atoms with E-state index in [4.69, 9.17) is 4.74 Å². The third kappa shape index (κ3) is 2.77. The van der Waals surface area contributed by atoms with Crippen molar-refractivity contribution in [3.8, 4) is 0 Å². The van der Waals surface area contributed by atoms with Crippen LogP contribution in [0.5, 0.6) is 0 Å². The van der Waals surface area contributed by atoms with Crippen LogP contribution in [0.25, 0.3) is 0 Å². The molecule has 0 bridgehead atoms. The van der Waals surface area contributed by atoms with Gasteiger partial charge in [-0.15, -0.1) is 0 Å². The number of aromatic nitrogens is 3. The number of nitrogens with one attached hydrogen (secondary N) is 2. The van der Waals surface area contributed by atoms with E-state index in [9.17, 15) is 4.79 Å². The van der Waals surface area contributed by atoms with Gasteiger partial charge in [0.2, 0.25) is 0 Å². The highest BCUT2D eigenvalue weighted by Gasteiger charge is 2.21. The van der Waals surface area contributed by atoms with Gasteiger partial charge < -0.3 is 15.4 Å². The Morgan fingerprint density at radius 1 is 1.81 bits per heavy atom. The zero-order valence-corrected chi connectivity index (χ0v) is 9.14. The van der Waals surface area contributed by atoms with Gasteiger partial charge in [-0.25, -0.2) is 4.98 Å². The molecule has 0 saturated carbocycles. The van der Waals surface area contributed by atoms with E-state index in [0.717, 1.165) is 6.54 Å². The number of rotatable bonds is 3. The number of morpholine rings is 1. The number of carbonyl (C=O) groups is 1. The molecule has 1 aromatic heterocycles. The lowest BCUT2D eigenvalue weighted by atomic mass is 10.3. The lowest BCUT2D eigenvalue weighted by Gasteiger charge is -2.22. The minimum absolute atomic E-state index is 0.125. The third-order valence-corrected chi connectivity index (χ3v) is 2.29. The molecular formula is C9H15N5O2. The van der Waals surface area contributed by atoms with Crippen LogP contribution in [-0.4, -0.2) is 46.5 Å². The summed E-state index contributed by atoms with van der Waals surface area (Å²) in [5.41, 5.74) is 0. The Morgan fingerprint density at radius 2 is 2.69 bits per heavy atom. The summed E-state index contributed by atoms with van der Waals surface area (Å²) < 4.78 is 6.91. The highest BCUT2D eigenvalue weighted by atomic mass is 16.5. The Morgan fingerprint density at radius 3 is 3.31 bits per heavy atom. The first-order chi connectivity index (χ1) is 7.75. The summed E-state index contributed by atoms with van der Waals surface area (Å²) in [6.45, 7) is 2.26. The van der Waals surface area contributed by atoms with Crippen molar-refractivity contribution < 1.29 is 9.53 Å². The van der Waals surface area contributed by atoms with Crippen LogP contribution >= 0.6 is 0 Å². The predicted octanol–water partition coefficient (Wildman–Crippen LogP) is -1.58. The molecule has 7 nitrogen and oxygen atoms in total. The van der Waals surface area contributed by atoms with Gasteiger partial charge in [0.15, 0.2) is 5.82 Å².